The average Bonchev–Trinajstić information content (AvgIpc) is 3.36. The first-order valence-electron chi connectivity index (χ1n) is 12.3. The van der Waals surface area contributed by atoms with Gasteiger partial charge in [-0.1, -0.05) is 37.3 Å². The van der Waals surface area contributed by atoms with Crippen LogP contribution in [0.3, 0.4) is 0 Å². The van der Waals surface area contributed by atoms with E-state index in [1.54, 1.807) is 21.9 Å². The molecule has 188 valence electrons. The lowest BCUT2D eigenvalue weighted by atomic mass is 10.1. The van der Waals surface area contributed by atoms with Crippen molar-refractivity contribution in [2.24, 2.45) is 0 Å². The van der Waals surface area contributed by atoms with Crippen LogP contribution >= 0.6 is 12.2 Å². The van der Waals surface area contributed by atoms with E-state index in [0.29, 0.717) is 29.6 Å². The molecule has 0 N–H and O–H groups in total. The SMILES string of the molecule is CCOc1ccc(N2C(=O)/C(=C/c3cn(Cc4ccc(F)cc4)c4c(CC)cccc34)N(C)C2=S)cc1. The van der Waals surface area contributed by atoms with Gasteiger partial charge < -0.3 is 14.2 Å². The number of halogens is 1. The number of para-hydroxylation sites is 1. The van der Waals surface area contributed by atoms with E-state index in [1.807, 2.05) is 50.4 Å². The number of ether oxygens (including phenoxy) is 1. The Labute approximate surface area is 221 Å². The van der Waals surface area contributed by atoms with Gasteiger partial charge in [-0.3, -0.25) is 9.69 Å². The lowest BCUT2D eigenvalue weighted by Gasteiger charge is -2.16. The Kier molecular flexibility index (Phi) is 6.80. The quantitative estimate of drug-likeness (QED) is 0.212. The number of aryl methyl sites for hydroxylation is 1. The van der Waals surface area contributed by atoms with E-state index in [1.165, 1.54) is 17.7 Å². The molecule has 2 heterocycles. The molecule has 0 radical (unpaired) electrons. The number of benzene rings is 3. The van der Waals surface area contributed by atoms with Gasteiger partial charge in [0.05, 0.1) is 17.8 Å². The molecule has 7 heteroatoms. The molecule has 37 heavy (non-hydrogen) atoms. The summed E-state index contributed by atoms with van der Waals surface area (Å²) in [5.74, 6) is 0.313. The van der Waals surface area contributed by atoms with E-state index >= 15 is 0 Å². The van der Waals surface area contributed by atoms with Crippen molar-refractivity contribution in [3.8, 4) is 5.75 Å². The zero-order valence-electron chi connectivity index (χ0n) is 21.1. The van der Waals surface area contributed by atoms with Gasteiger partial charge >= 0.3 is 0 Å². The molecule has 0 bridgehead atoms. The molecule has 1 aliphatic rings. The Morgan fingerprint density at radius 1 is 1.00 bits per heavy atom. The van der Waals surface area contributed by atoms with Crippen LogP contribution in [0, 0.1) is 5.82 Å². The predicted octanol–water partition coefficient (Wildman–Crippen LogP) is 6.39. The van der Waals surface area contributed by atoms with Gasteiger partial charge in [-0.15, -0.1) is 0 Å². The van der Waals surface area contributed by atoms with Crippen molar-refractivity contribution in [2.45, 2.75) is 26.8 Å². The molecule has 1 fully saturated rings. The zero-order valence-corrected chi connectivity index (χ0v) is 21.9. The fourth-order valence-electron chi connectivity index (χ4n) is 4.77. The number of anilines is 1. The topological polar surface area (TPSA) is 37.7 Å². The van der Waals surface area contributed by atoms with Crippen LogP contribution in [0.2, 0.25) is 0 Å². The summed E-state index contributed by atoms with van der Waals surface area (Å²) >= 11 is 5.66. The highest BCUT2D eigenvalue weighted by Crippen LogP contribution is 2.32. The van der Waals surface area contributed by atoms with Crippen molar-refractivity contribution >= 4 is 45.9 Å². The summed E-state index contributed by atoms with van der Waals surface area (Å²) in [6, 6.07) is 20.2. The molecule has 1 aliphatic heterocycles. The van der Waals surface area contributed by atoms with Crippen LogP contribution in [0.1, 0.15) is 30.5 Å². The van der Waals surface area contributed by atoms with Crippen molar-refractivity contribution in [3.05, 3.63) is 101 Å². The Morgan fingerprint density at radius 3 is 2.41 bits per heavy atom. The first-order chi connectivity index (χ1) is 17.9. The van der Waals surface area contributed by atoms with E-state index < -0.39 is 0 Å². The summed E-state index contributed by atoms with van der Waals surface area (Å²) in [5, 5.41) is 1.48. The largest absolute Gasteiger partial charge is 0.494 e. The average molecular weight is 514 g/mol. The van der Waals surface area contributed by atoms with Crippen LogP contribution in [-0.4, -0.2) is 34.1 Å². The number of carbonyl (C=O) groups is 1. The molecule has 0 saturated carbocycles. The highest BCUT2D eigenvalue weighted by Gasteiger charge is 2.37. The van der Waals surface area contributed by atoms with Gasteiger partial charge in [-0.2, -0.15) is 0 Å². The number of nitrogens with zero attached hydrogens (tertiary/aromatic N) is 3. The minimum atomic E-state index is -0.253. The Morgan fingerprint density at radius 2 is 1.73 bits per heavy atom. The van der Waals surface area contributed by atoms with Crippen LogP contribution in [0.25, 0.3) is 17.0 Å². The Bertz CT molecular complexity index is 1510. The number of carbonyl (C=O) groups excluding carboxylic acids is 1. The zero-order chi connectivity index (χ0) is 26.1. The molecule has 0 spiro atoms. The molecule has 3 aromatic carbocycles. The summed E-state index contributed by atoms with van der Waals surface area (Å²) in [7, 11) is 1.82. The number of rotatable bonds is 7. The van der Waals surface area contributed by atoms with Crippen LogP contribution in [0.15, 0.2) is 78.6 Å². The molecule has 0 unspecified atom stereocenters. The highest BCUT2D eigenvalue weighted by molar-refractivity contribution is 7.80. The maximum absolute atomic E-state index is 13.6. The van der Waals surface area contributed by atoms with Crippen molar-refractivity contribution in [1.82, 2.24) is 9.47 Å². The first-order valence-corrected chi connectivity index (χ1v) is 12.7. The van der Waals surface area contributed by atoms with Crippen molar-refractivity contribution in [2.75, 3.05) is 18.6 Å². The van der Waals surface area contributed by atoms with E-state index in [4.69, 9.17) is 17.0 Å². The third-order valence-electron chi connectivity index (χ3n) is 6.62. The van der Waals surface area contributed by atoms with Crippen LogP contribution < -0.4 is 9.64 Å². The highest BCUT2D eigenvalue weighted by atomic mass is 32.1. The van der Waals surface area contributed by atoms with Crippen LogP contribution in [-0.2, 0) is 17.8 Å². The molecule has 4 aromatic rings. The maximum Gasteiger partial charge on any atom is 0.281 e. The number of hydrogen-bond donors (Lipinski definition) is 0. The normalized spacial score (nSPS) is 14.9. The lowest BCUT2D eigenvalue weighted by Crippen LogP contribution is -2.31. The molecule has 0 aliphatic carbocycles. The standard InChI is InChI=1S/C30H28FN3O2S/c1-4-21-7-6-8-26-22(19-33(28(21)26)18-20-9-11-23(31)12-10-20)17-27-29(35)34(30(37)32(27)3)24-13-15-25(16-14-24)36-5-2/h6-17,19H,4-5,18H2,1-3H3/b27-17-. The molecule has 0 atom stereocenters. The molecular formula is C30H28FN3O2S. The summed E-state index contributed by atoms with van der Waals surface area (Å²) in [6.07, 6.45) is 4.84. The summed E-state index contributed by atoms with van der Waals surface area (Å²) in [6.45, 7) is 5.23. The molecular weight excluding hydrogens is 485 g/mol. The third kappa shape index (κ3) is 4.62. The molecule has 5 nitrogen and oxygen atoms in total. The number of thiocarbonyl (C=S) groups is 1. The van der Waals surface area contributed by atoms with Gasteiger partial charge in [0.2, 0.25) is 0 Å². The molecule has 1 aromatic heterocycles. The Hall–Kier alpha value is -3.97. The van der Waals surface area contributed by atoms with Gasteiger partial charge in [0.15, 0.2) is 5.11 Å². The van der Waals surface area contributed by atoms with Crippen molar-refractivity contribution in [1.29, 1.82) is 0 Å². The van der Waals surface area contributed by atoms with Gasteiger partial charge in [0, 0.05) is 30.7 Å². The van der Waals surface area contributed by atoms with Crippen molar-refractivity contribution < 1.29 is 13.9 Å². The van der Waals surface area contributed by atoms with Crippen LogP contribution in [0.5, 0.6) is 5.75 Å². The minimum Gasteiger partial charge on any atom is -0.494 e. The second kappa shape index (κ2) is 10.2. The van der Waals surface area contributed by atoms with E-state index in [9.17, 15) is 9.18 Å². The molecule has 5 rings (SSSR count). The van der Waals surface area contributed by atoms with Gasteiger partial charge in [-0.05, 0) is 79.2 Å². The van der Waals surface area contributed by atoms with E-state index in [2.05, 4.69) is 29.8 Å². The summed E-state index contributed by atoms with van der Waals surface area (Å²) in [5.41, 5.74) is 5.45. The molecule has 1 amide bonds. The lowest BCUT2D eigenvalue weighted by molar-refractivity contribution is -0.114. The van der Waals surface area contributed by atoms with Gasteiger partial charge in [-0.25, -0.2) is 4.39 Å². The second-order valence-corrected chi connectivity index (χ2v) is 9.31. The van der Waals surface area contributed by atoms with Gasteiger partial charge in [0.25, 0.3) is 5.91 Å². The monoisotopic (exact) mass is 513 g/mol. The number of hydrogen-bond acceptors (Lipinski definition) is 3. The predicted molar refractivity (Wildman–Crippen MR) is 150 cm³/mol. The number of fused-ring (bicyclic) bond motifs is 1. The van der Waals surface area contributed by atoms with Crippen LogP contribution in [0.4, 0.5) is 10.1 Å². The van der Waals surface area contributed by atoms with Crippen molar-refractivity contribution in [3.63, 3.8) is 0 Å². The number of aromatic nitrogens is 1. The van der Waals surface area contributed by atoms with Gasteiger partial charge in [0.1, 0.15) is 17.3 Å². The second-order valence-electron chi connectivity index (χ2n) is 8.94. The number of amides is 1. The minimum absolute atomic E-state index is 0.178. The van der Waals surface area contributed by atoms with E-state index in [-0.39, 0.29) is 11.7 Å². The summed E-state index contributed by atoms with van der Waals surface area (Å²) < 4.78 is 21.2. The number of likely N-dealkylation sites (N-methyl/N-ethyl adjacent to an activating group) is 1. The van der Waals surface area contributed by atoms with E-state index in [0.717, 1.165) is 34.2 Å². The maximum atomic E-state index is 13.6. The first kappa shape index (κ1) is 24.7. The third-order valence-corrected chi connectivity index (χ3v) is 7.08. The molecule has 1 saturated heterocycles. The fraction of sp³-hybridized carbons (Fsp3) is 0.200. The fourth-order valence-corrected chi connectivity index (χ4v) is 5.05. The smallest absolute Gasteiger partial charge is 0.281 e. The Balaban J connectivity index is 1.55. The summed E-state index contributed by atoms with van der Waals surface area (Å²) in [4.78, 5) is 16.9.